The zero-order valence-corrected chi connectivity index (χ0v) is 30.8. The molecule has 0 aromatic heterocycles. The van der Waals surface area contributed by atoms with Crippen LogP contribution in [-0.2, 0) is 26.7 Å². The molecule has 5 aromatic carbocycles. The quantitative estimate of drug-likeness (QED) is 0.111. The Morgan fingerprint density at radius 2 is 1.37 bits per heavy atom. The molecule has 0 spiro atoms. The Morgan fingerprint density at radius 3 is 1.94 bits per heavy atom. The van der Waals surface area contributed by atoms with Crippen molar-refractivity contribution in [3.05, 3.63) is 148 Å². The molecule has 0 aliphatic heterocycles. The van der Waals surface area contributed by atoms with Crippen molar-refractivity contribution in [2.45, 2.75) is 51.9 Å². The summed E-state index contributed by atoms with van der Waals surface area (Å²) >= 11 is 6.15. The fourth-order valence-electron chi connectivity index (χ4n) is 5.96. The predicted molar refractivity (Wildman–Crippen MR) is 207 cm³/mol. The molecule has 3 N–H and O–H groups in total. The van der Waals surface area contributed by atoms with E-state index < -0.39 is 27.7 Å². The number of carbonyl (C=O) groups excluding carboxylic acids is 2. The SMILES string of the molecule is Cc1cc(Cl)ccc1-c1ccc(NC(=O)[C@@H](CCc2ccc(C(=O)NCCS(=O)(=O)O)cc2)c2ccc(-c3ccc(C(C)(C)C)cc3)cc2)cc1. The second-order valence-corrected chi connectivity index (χ2v) is 15.8. The van der Waals surface area contributed by atoms with Crippen LogP contribution in [0.4, 0.5) is 5.69 Å². The molecule has 7 nitrogen and oxygen atoms in total. The maximum Gasteiger partial charge on any atom is 0.266 e. The van der Waals surface area contributed by atoms with E-state index in [0.717, 1.165) is 38.9 Å². The average molecular weight is 723 g/mol. The highest BCUT2D eigenvalue weighted by molar-refractivity contribution is 7.85. The molecule has 5 rings (SSSR count). The minimum absolute atomic E-state index is 0.0660. The number of anilines is 1. The third kappa shape index (κ3) is 10.4. The molecule has 5 aromatic rings. The second kappa shape index (κ2) is 16.1. The van der Waals surface area contributed by atoms with Crippen LogP contribution < -0.4 is 10.6 Å². The van der Waals surface area contributed by atoms with Crippen molar-refractivity contribution in [1.82, 2.24) is 5.32 Å². The van der Waals surface area contributed by atoms with Crippen LogP contribution in [0.15, 0.2) is 115 Å². The molecule has 0 bridgehead atoms. The van der Waals surface area contributed by atoms with Gasteiger partial charge in [0.2, 0.25) is 5.91 Å². The first-order valence-electron chi connectivity index (χ1n) is 16.9. The summed E-state index contributed by atoms with van der Waals surface area (Å²) in [6, 6.07) is 37.3. The molecule has 0 saturated carbocycles. The molecule has 0 fully saturated rings. The first-order valence-corrected chi connectivity index (χ1v) is 18.9. The van der Waals surface area contributed by atoms with Gasteiger partial charge in [0, 0.05) is 22.8 Å². The summed E-state index contributed by atoms with van der Waals surface area (Å²) in [5.41, 5.74) is 9.57. The fraction of sp³-hybridized carbons (Fsp3) is 0.238. The van der Waals surface area contributed by atoms with Crippen LogP contribution in [-0.4, -0.2) is 37.1 Å². The van der Waals surface area contributed by atoms with Crippen LogP contribution in [0, 0.1) is 6.92 Å². The largest absolute Gasteiger partial charge is 0.351 e. The lowest BCUT2D eigenvalue weighted by Gasteiger charge is -2.20. The number of nitrogens with one attached hydrogen (secondary N) is 2. The van der Waals surface area contributed by atoms with Gasteiger partial charge in [0.05, 0.1) is 11.7 Å². The van der Waals surface area contributed by atoms with Crippen LogP contribution in [0.25, 0.3) is 22.3 Å². The van der Waals surface area contributed by atoms with E-state index in [2.05, 4.69) is 67.8 Å². The number of aryl methyl sites for hydroxylation is 2. The third-order valence-corrected chi connectivity index (χ3v) is 9.90. The van der Waals surface area contributed by atoms with Gasteiger partial charge < -0.3 is 10.6 Å². The number of carbonyl (C=O) groups is 2. The van der Waals surface area contributed by atoms with Gasteiger partial charge in [-0.1, -0.05) is 111 Å². The van der Waals surface area contributed by atoms with Crippen LogP contribution in [0.3, 0.4) is 0 Å². The number of amides is 2. The van der Waals surface area contributed by atoms with Crippen molar-refractivity contribution >= 4 is 39.2 Å². The summed E-state index contributed by atoms with van der Waals surface area (Å²) in [7, 11) is -4.17. The summed E-state index contributed by atoms with van der Waals surface area (Å²) in [6.45, 7) is 8.40. The predicted octanol–water partition coefficient (Wildman–Crippen LogP) is 9.25. The standard InChI is InChI=1S/C42H43ClN2O5S/c1-28-27-36(43)20-24-38(28)32-16-21-37(22-17-32)45-41(47)39(23-7-29-5-8-34(9-6-29)40(46)44-25-26-51(48,49)50)33-12-10-30(11-13-33)31-14-18-35(19-15-31)42(2,3)4/h5-6,8-22,24,27,39H,7,23,25-26H2,1-4H3,(H,44,46)(H,45,47)(H,48,49,50)/t39-/m0/s1. The number of benzene rings is 5. The molecule has 264 valence electrons. The lowest BCUT2D eigenvalue weighted by molar-refractivity contribution is -0.117. The summed E-state index contributed by atoms with van der Waals surface area (Å²) in [6.07, 6.45) is 1.10. The molecule has 0 heterocycles. The summed E-state index contributed by atoms with van der Waals surface area (Å²) in [5, 5.41) is 6.31. The number of rotatable bonds is 12. The maximum atomic E-state index is 13.9. The van der Waals surface area contributed by atoms with Crippen molar-refractivity contribution in [1.29, 1.82) is 0 Å². The monoisotopic (exact) mass is 722 g/mol. The van der Waals surface area contributed by atoms with Gasteiger partial charge in [0.1, 0.15) is 0 Å². The van der Waals surface area contributed by atoms with E-state index in [0.29, 0.717) is 29.1 Å². The molecule has 0 saturated heterocycles. The van der Waals surface area contributed by atoms with Crippen LogP contribution in [0.5, 0.6) is 0 Å². The topological polar surface area (TPSA) is 113 Å². The lowest BCUT2D eigenvalue weighted by atomic mass is 9.86. The van der Waals surface area contributed by atoms with Gasteiger partial charge >= 0.3 is 0 Å². The molecule has 2 amide bonds. The van der Waals surface area contributed by atoms with Gasteiger partial charge in [-0.25, -0.2) is 0 Å². The molecule has 9 heteroatoms. The normalized spacial score (nSPS) is 12.3. The Kier molecular flexibility index (Phi) is 11.8. The van der Waals surface area contributed by atoms with Gasteiger partial charge in [-0.2, -0.15) is 8.42 Å². The molecular weight excluding hydrogens is 680 g/mol. The lowest BCUT2D eigenvalue weighted by Crippen LogP contribution is -2.28. The number of hydrogen-bond donors (Lipinski definition) is 3. The first-order chi connectivity index (χ1) is 24.2. The molecule has 1 atom stereocenters. The van der Waals surface area contributed by atoms with Gasteiger partial charge in [-0.15, -0.1) is 0 Å². The highest BCUT2D eigenvalue weighted by atomic mass is 35.5. The molecule has 0 radical (unpaired) electrons. The first kappa shape index (κ1) is 37.5. The van der Waals surface area contributed by atoms with Crippen LogP contribution in [0.2, 0.25) is 5.02 Å². The Balaban J connectivity index is 1.33. The van der Waals surface area contributed by atoms with E-state index >= 15 is 0 Å². The third-order valence-electron chi connectivity index (χ3n) is 8.95. The van der Waals surface area contributed by atoms with Gasteiger partial charge in [-0.3, -0.25) is 14.1 Å². The van der Waals surface area contributed by atoms with Gasteiger partial charge in [-0.05, 0) is 106 Å². The van der Waals surface area contributed by atoms with Crippen molar-refractivity contribution in [3.63, 3.8) is 0 Å². The van der Waals surface area contributed by atoms with E-state index in [4.69, 9.17) is 16.2 Å². The molecule has 0 aliphatic carbocycles. The van der Waals surface area contributed by atoms with E-state index in [-0.39, 0.29) is 17.9 Å². The van der Waals surface area contributed by atoms with Crippen LogP contribution in [0.1, 0.15) is 65.7 Å². The molecular formula is C42H43ClN2O5S. The number of hydrogen-bond acceptors (Lipinski definition) is 4. The smallest absolute Gasteiger partial charge is 0.266 e. The summed E-state index contributed by atoms with van der Waals surface area (Å²) < 4.78 is 30.8. The van der Waals surface area contributed by atoms with Gasteiger partial charge in [0.25, 0.3) is 16.0 Å². The Bertz CT molecular complexity index is 2090. The summed E-state index contributed by atoms with van der Waals surface area (Å²) in [4.78, 5) is 26.4. The number of halogens is 1. The minimum Gasteiger partial charge on any atom is -0.351 e. The van der Waals surface area contributed by atoms with Crippen molar-refractivity contribution in [2.24, 2.45) is 0 Å². The Hall–Kier alpha value is -4.76. The van der Waals surface area contributed by atoms with E-state index in [9.17, 15) is 18.0 Å². The maximum absolute atomic E-state index is 13.9. The van der Waals surface area contributed by atoms with E-state index in [1.54, 1.807) is 12.1 Å². The highest BCUT2D eigenvalue weighted by Crippen LogP contribution is 2.31. The van der Waals surface area contributed by atoms with Crippen molar-refractivity contribution < 1.29 is 22.6 Å². The highest BCUT2D eigenvalue weighted by Gasteiger charge is 2.22. The average Bonchev–Trinajstić information content (AvgIpc) is 3.08. The van der Waals surface area contributed by atoms with E-state index in [1.807, 2.05) is 73.7 Å². The van der Waals surface area contributed by atoms with Crippen molar-refractivity contribution in [2.75, 3.05) is 17.6 Å². The van der Waals surface area contributed by atoms with Crippen LogP contribution >= 0.6 is 11.6 Å². The zero-order valence-electron chi connectivity index (χ0n) is 29.2. The summed E-state index contributed by atoms with van der Waals surface area (Å²) in [5.74, 6) is -1.57. The minimum atomic E-state index is -4.17. The molecule has 51 heavy (non-hydrogen) atoms. The van der Waals surface area contributed by atoms with Crippen molar-refractivity contribution in [3.8, 4) is 22.3 Å². The van der Waals surface area contributed by atoms with E-state index in [1.165, 1.54) is 5.56 Å². The molecule has 0 unspecified atom stereocenters. The van der Waals surface area contributed by atoms with Gasteiger partial charge in [0.15, 0.2) is 0 Å². The fourth-order valence-corrected chi connectivity index (χ4v) is 6.55. The Morgan fingerprint density at radius 1 is 0.784 bits per heavy atom. The zero-order chi connectivity index (χ0) is 36.8. The second-order valence-electron chi connectivity index (χ2n) is 13.8. The molecule has 0 aliphatic rings. The Labute approximate surface area is 305 Å².